The van der Waals surface area contributed by atoms with Gasteiger partial charge in [-0.05, 0) is 75.2 Å². The summed E-state index contributed by atoms with van der Waals surface area (Å²) >= 11 is 0. The minimum atomic E-state index is -0.620. The second-order valence-corrected chi connectivity index (χ2v) is 14.7. The number of halogens is 1. The first kappa shape index (κ1) is 33.8. The van der Waals surface area contributed by atoms with Crippen LogP contribution in [-0.2, 0) is 6.54 Å². The normalized spacial score (nSPS) is 15.0. The Balaban J connectivity index is 1.21. The molecule has 5 N–H and O–H groups in total. The molecule has 51 heavy (non-hydrogen) atoms. The molecule has 1 aliphatic heterocycles. The monoisotopic (exact) mass is 692 g/mol. The number of nitrogens with two attached hydrogens (primary N) is 1. The van der Waals surface area contributed by atoms with Crippen molar-refractivity contribution in [2.24, 2.45) is 11.7 Å². The van der Waals surface area contributed by atoms with E-state index in [0.717, 1.165) is 18.4 Å². The Morgan fingerprint density at radius 2 is 1.76 bits per heavy atom. The zero-order chi connectivity index (χ0) is 36.2. The summed E-state index contributed by atoms with van der Waals surface area (Å²) in [6.45, 7) is 11.3. The third kappa shape index (κ3) is 6.63. The average Bonchev–Trinajstić information content (AvgIpc) is 3.85. The molecule has 0 unspecified atom stereocenters. The van der Waals surface area contributed by atoms with E-state index in [1.54, 1.807) is 64.7 Å². The van der Waals surface area contributed by atoms with E-state index >= 15 is 4.39 Å². The molecule has 7 rings (SSSR count). The third-order valence-corrected chi connectivity index (χ3v) is 9.11. The molecule has 1 fully saturated rings. The number of urea groups is 2. The van der Waals surface area contributed by atoms with Crippen LogP contribution in [-0.4, -0.2) is 60.4 Å². The Morgan fingerprint density at radius 3 is 2.51 bits per heavy atom. The van der Waals surface area contributed by atoms with E-state index in [9.17, 15) is 14.4 Å². The smallest absolute Gasteiger partial charge is 0.318 e. The van der Waals surface area contributed by atoms with Gasteiger partial charge in [0, 0.05) is 35.1 Å². The van der Waals surface area contributed by atoms with Crippen molar-refractivity contribution in [3.8, 4) is 22.5 Å². The van der Waals surface area contributed by atoms with Crippen molar-refractivity contribution in [2.45, 2.75) is 65.6 Å². The fourth-order valence-electron chi connectivity index (χ4n) is 6.80. The Morgan fingerprint density at radius 1 is 1.04 bits per heavy atom. The van der Waals surface area contributed by atoms with Crippen LogP contribution in [0.2, 0.25) is 0 Å². The number of nitrogens with one attached hydrogen (secondary N) is 3. The number of hydrogen-bond donors (Lipinski definition) is 4. The second-order valence-electron chi connectivity index (χ2n) is 14.7. The van der Waals surface area contributed by atoms with Gasteiger partial charge in [-0.1, -0.05) is 26.0 Å². The van der Waals surface area contributed by atoms with E-state index in [2.05, 4.69) is 39.1 Å². The number of imidazole rings is 2. The lowest BCUT2D eigenvalue weighted by atomic mass is 10.0. The fourth-order valence-corrected chi connectivity index (χ4v) is 6.80. The maximum Gasteiger partial charge on any atom is 0.318 e. The quantitative estimate of drug-likeness (QED) is 0.129. The first-order chi connectivity index (χ1) is 24.3. The minimum Gasteiger partial charge on any atom is -0.453 e. The number of hydrogen-bond acceptors (Lipinski definition) is 6. The molecule has 4 heterocycles. The standard InChI is InChI=1S/C38H41FN8O4/c1-20(2)18-46(37(50)45-38(3,4)5)19-31-41-16-27(43-31)22-9-11-30-25(14-22)33(48)26-15-23-13-21(8-10-24(23)32(39)34(26)51-30)28-17-42-35(44-28)29-7-6-12-47(29)36(40)49/h8-11,13-17,20,29H,6-7,12,18-19H2,1-5H3,(H2,40,49)(H,41,43)(H,42,44)(H,45,50)/t29-/m0/s1. The van der Waals surface area contributed by atoms with E-state index in [4.69, 9.17) is 10.2 Å². The van der Waals surface area contributed by atoms with E-state index in [1.807, 2.05) is 20.8 Å². The summed E-state index contributed by atoms with van der Waals surface area (Å²) in [4.78, 5) is 57.8. The van der Waals surface area contributed by atoms with Crippen molar-refractivity contribution < 1.29 is 18.4 Å². The molecule has 3 aromatic heterocycles. The van der Waals surface area contributed by atoms with Gasteiger partial charge in [0.05, 0.1) is 47.1 Å². The van der Waals surface area contributed by atoms with Crippen molar-refractivity contribution in [1.29, 1.82) is 0 Å². The number of primary amides is 1. The predicted molar refractivity (Wildman–Crippen MR) is 194 cm³/mol. The number of likely N-dealkylation sites (tertiary alicyclic amines) is 1. The van der Waals surface area contributed by atoms with Crippen molar-refractivity contribution in [3.63, 3.8) is 0 Å². The summed E-state index contributed by atoms with van der Waals surface area (Å²) in [6, 6.07) is 11.1. The number of fused-ring (bicyclic) bond motifs is 3. The molecule has 0 spiro atoms. The highest BCUT2D eigenvalue weighted by Crippen LogP contribution is 2.34. The molecule has 1 saturated heterocycles. The summed E-state index contributed by atoms with van der Waals surface area (Å²) < 4.78 is 22.0. The maximum absolute atomic E-state index is 16.0. The van der Waals surface area contributed by atoms with Gasteiger partial charge in [0.2, 0.25) is 5.43 Å². The summed E-state index contributed by atoms with van der Waals surface area (Å²) in [5.41, 5.74) is 7.76. The van der Waals surface area contributed by atoms with Crippen molar-refractivity contribution in [2.75, 3.05) is 13.1 Å². The van der Waals surface area contributed by atoms with Crippen LogP contribution < -0.4 is 16.5 Å². The molecule has 0 aliphatic carbocycles. The van der Waals surface area contributed by atoms with Crippen LogP contribution in [0.25, 0.3) is 55.2 Å². The molecule has 13 heteroatoms. The lowest BCUT2D eigenvalue weighted by molar-refractivity contribution is 0.177. The van der Waals surface area contributed by atoms with E-state index in [-0.39, 0.29) is 52.1 Å². The molecule has 1 atom stereocenters. The molecule has 6 aromatic rings. The third-order valence-electron chi connectivity index (χ3n) is 9.11. The summed E-state index contributed by atoms with van der Waals surface area (Å²) in [6.07, 6.45) is 4.94. The van der Waals surface area contributed by atoms with Crippen molar-refractivity contribution >= 4 is 44.8 Å². The molecule has 1 aliphatic rings. The highest BCUT2D eigenvalue weighted by atomic mass is 19.1. The zero-order valence-electron chi connectivity index (χ0n) is 29.3. The number of carbonyl (C=O) groups is 2. The van der Waals surface area contributed by atoms with Crippen LogP contribution in [0.3, 0.4) is 0 Å². The Labute approximate surface area is 293 Å². The van der Waals surface area contributed by atoms with Gasteiger partial charge >= 0.3 is 12.1 Å². The van der Waals surface area contributed by atoms with Crippen molar-refractivity contribution in [1.82, 2.24) is 35.1 Å². The lowest BCUT2D eigenvalue weighted by Gasteiger charge is -2.29. The second kappa shape index (κ2) is 12.9. The summed E-state index contributed by atoms with van der Waals surface area (Å²) in [7, 11) is 0. The number of aromatic nitrogens is 4. The Bertz CT molecular complexity index is 2370. The van der Waals surface area contributed by atoms with Gasteiger partial charge in [-0.2, -0.15) is 0 Å². The molecule has 12 nitrogen and oxygen atoms in total. The minimum absolute atomic E-state index is 0.111. The van der Waals surface area contributed by atoms with Gasteiger partial charge in [-0.25, -0.2) is 23.9 Å². The fraction of sp³-hybridized carbons (Fsp3) is 0.342. The number of benzene rings is 3. The largest absolute Gasteiger partial charge is 0.453 e. The number of carbonyl (C=O) groups excluding carboxylic acids is 2. The summed E-state index contributed by atoms with van der Waals surface area (Å²) in [5, 5.41) is 4.27. The van der Waals surface area contributed by atoms with Crippen LogP contribution >= 0.6 is 0 Å². The molecule has 3 aromatic carbocycles. The molecular formula is C38H41FN8O4. The van der Waals surface area contributed by atoms with E-state index in [1.165, 1.54) is 0 Å². The first-order valence-corrected chi connectivity index (χ1v) is 17.1. The molecular weight excluding hydrogens is 651 g/mol. The highest BCUT2D eigenvalue weighted by molar-refractivity contribution is 6.01. The van der Waals surface area contributed by atoms with Gasteiger partial charge in [-0.15, -0.1) is 0 Å². The first-order valence-electron chi connectivity index (χ1n) is 17.1. The topological polar surface area (TPSA) is 166 Å². The van der Waals surface area contributed by atoms with Crippen LogP contribution in [0.4, 0.5) is 14.0 Å². The van der Waals surface area contributed by atoms with Crippen LogP contribution in [0.5, 0.6) is 0 Å². The van der Waals surface area contributed by atoms with Crippen molar-refractivity contribution in [3.05, 3.63) is 82.5 Å². The number of H-pyrrole nitrogens is 2. The number of aromatic amines is 2. The Hall–Kier alpha value is -5.72. The van der Waals surface area contributed by atoms with E-state index < -0.39 is 11.8 Å². The average molecular weight is 693 g/mol. The lowest BCUT2D eigenvalue weighted by Crippen LogP contribution is -2.49. The molecule has 264 valence electrons. The van der Waals surface area contributed by atoms with Crippen LogP contribution in [0.1, 0.15) is 65.2 Å². The van der Waals surface area contributed by atoms with Gasteiger partial charge in [0.15, 0.2) is 11.4 Å². The van der Waals surface area contributed by atoms with Gasteiger partial charge in [0.25, 0.3) is 0 Å². The SMILES string of the molecule is CC(C)CN(Cc1ncc(-c2ccc3oc4c(F)c5ccc(-c6cnc([C@@H]7CCCN7C(N)=O)[nH]6)cc5cc4c(=O)c3c2)[nH]1)C(=O)NC(C)(C)C. The Kier molecular flexibility index (Phi) is 8.52. The zero-order valence-corrected chi connectivity index (χ0v) is 29.3. The van der Waals surface area contributed by atoms with Gasteiger partial charge < -0.3 is 35.2 Å². The number of amides is 4. The maximum atomic E-state index is 16.0. The van der Waals surface area contributed by atoms with Gasteiger partial charge in [-0.3, -0.25) is 4.79 Å². The summed E-state index contributed by atoms with van der Waals surface area (Å²) in [5.74, 6) is 0.870. The number of nitrogens with zero attached hydrogens (tertiary/aromatic N) is 4. The molecule has 0 radical (unpaired) electrons. The molecule has 0 saturated carbocycles. The predicted octanol–water partition coefficient (Wildman–Crippen LogP) is 7.20. The van der Waals surface area contributed by atoms with E-state index in [0.29, 0.717) is 57.8 Å². The van der Waals surface area contributed by atoms with Crippen LogP contribution in [0.15, 0.2) is 64.1 Å². The van der Waals surface area contributed by atoms with Crippen LogP contribution in [0, 0.1) is 11.7 Å². The highest BCUT2D eigenvalue weighted by Gasteiger charge is 2.31. The molecule has 4 amide bonds. The molecule has 0 bridgehead atoms. The van der Waals surface area contributed by atoms with Gasteiger partial charge in [0.1, 0.15) is 17.2 Å². The number of rotatable bonds is 7.